The Labute approximate surface area is 131 Å². The summed E-state index contributed by atoms with van der Waals surface area (Å²) in [5.74, 6) is 1.27. The number of H-pyrrole nitrogens is 1. The van der Waals surface area contributed by atoms with E-state index in [9.17, 15) is 0 Å². The number of benzene rings is 1. The zero-order valence-electron chi connectivity index (χ0n) is 12.1. The molecule has 110 valence electrons. The molecule has 0 unspecified atom stereocenters. The zero-order valence-corrected chi connectivity index (χ0v) is 13.6. The van der Waals surface area contributed by atoms with Crippen molar-refractivity contribution in [2.75, 3.05) is 13.1 Å². The molecule has 5 nitrogen and oxygen atoms in total. The van der Waals surface area contributed by atoms with Gasteiger partial charge in [0.1, 0.15) is 0 Å². The summed E-state index contributed by atoms with van der Waals surface area (Å²) >= 11 is 3.58. The number of rotatable bonds is 5. The third-order valence-corrected chi connectivity index (χ3v) is 4.25. The molecule has 1 aromatic carbocycles. The second-order valence-electron chi connectivity index (χ2n) is 4.87. The number of aromatic nitrogens is 3. The lowest BCUT2D eigenvalue weighted by Gasteiger charge is -2.14. The van der Waals surface area contributed by atoms with Gasteiger partial charge in [0.25, 0.3) is 0 Å². The fourth-order valence-corrected chi connectivity index (χ4v) is 2.92. The Bertz CT molecular complexity index is 745. The molecule has 0 aliphatic heterocycles. The molecule has 2 heterocycles. The molecule has 0 radical (unpaired) electrons. The van der Waals surface area contributed by atoms with Gasteiger partial charge in [0, 0.05) is 27.1 Å². The maximum absolute atomic E-state index is 5.36. The number of fused-ring (bicyclic) bond motifs is 1. The second kappa shape index (κ2) is 5.99. The van der Waals surface area contributed by atoms with Crippen LogP contribution in [0.2, 0.25) is 0 Å². The SMILES string of the molecule is CCN(CC)Cc1nc(-c2cc(Br)c3cc[nH]c3c2)no1. The number of nitrogens with zero attached hydrogens (tertiary/aromatic N) is 3. The molecular weight excluding hydrogens is 332 g/mol. The van der Waals surface area contributed by atoms with Crippen molar-refractivity contribution in [2.24, 2.45) is 0 Å². The standard InChI is InChI=1S/C15H17BrN4O/c1-3-20(4-2)9-14-18-15(19-21-14)10-7-12(16)11-5-6-17-13(11)8-10/h5-8,17H,3-4,9H2,1-2H3. The number of hydrogen-bond acceptors (Lipinski definition) is 4. The highest BCUT2D eigenvalue weighted by Gasteiger charge is 2.13. The maximum atomic E-state index is 5.36. The first-order valence-electron chi connectivity index (χ1n) is 7.03. The molecule has 0 saturated heterocycles. The third-order valence-electron chi connectivity index (χ3n) is 3.60. The van der Waals surface area contributed by atoms with Crippen LogP contribution in [0.15, 0.2) is 33.4 Å². The van der Waals surface area contributed by atoms with E-state index in [2.05, 4.69) is 49.8 Å². The average Bonchev–Trinajstić information content (AvgIpc) is 3.13. The van der Waals surface area contributed by atoms with Crippen molar-refractivity contribution >= 4 is 26.8 Å². The normalized spacial score (nSPS) is 11.6. The molecule has 2 aromatic heterocycles. The topological polar surface area (TPSA) is 58.0 Å². The molecule has 1 N–H and O–H groups in total. The molecule has 0 bridgehead atoms. The molecule has 6 heteroatoms. The lowest BCUT2D eigenvalue weighted by atomic mass is 10.1. The highest BCUT2D eigenvalue weighted by atomic mass is 79.9. The Hall–Kier alpha value is -1.66. The van der Waals surface area contributed by atoms with Crippen molar-refractivity contribution in [1.82, 2.24) is 20.0 Å². The molecule has 3 rings (SSSR count). The van der Waals surface area contributed by atoms with E-state index in [-0.39, 0.29) is 0 Å². The van der Waals surface area contributed by atoms with Crippen LogP contribution in [0.4, 0.5) is 0 Å². The summed E-state index contributed by atoms with van der Waals surface area (Å²) < 4.78 is 6.38. The van der Waals surface area contributed by atoms with Gasteiger partial charge in [-0.3, -0.25) is 4.90 Å². The van der Waals surface area contributed by atoms with Crippen LogP contribution < -0.4 is 0 Å². The Morgan fingerprint density at radius 3 is 2.86 bits per heavy atom. The van der Waals surface area contributed by atoms with Crippen LogP contribution in [-0.4, -0.2) is 33.1 Å². The van der Waals surface area contributed by atoms with E-state index < -0.39 is 0 Å². The van der Waals surface area contributed by atoms with Crippen molar-refractivity contribution in [3.63, 3.8) is 0 Å². The maximum Gasteiger partial charge on any atom is 0.241 e. The van der Waals surface area contributed by atoms with Gasteiger partial charge in [-0.15, -0.1) is 0 Å². The van der Waals surface area contributed by atoms with Crippen molar-refractivity contribution < 1.29 is 4.52 Å². The molecule has 0 atom stereocenters. The molecule has 0 saturated carbocycles. The van der Waals surface area contributed by atoms with E-state index in [0.29, 0.717) is 18.3 Å². The molecule has 21 heavy (non-hydrogen) atoms. The highest BCUT2D eigenvalue weighted by molar-refractivity contribution is 9.10. The summed E-state index contributed by atoms with van der Waals surface area (Å²) in [4.78, 5) is 9.94. The minimum absolute atomic E-state index is 0.620. The monoisotopic (exact) mass is 348 g/mol. The van der Waals surface area contributed by atoms with Crippen LogP contribution in [0.3, 0.4) is 0 Å². The molecular formula is C15H17BrN4O. The summed E-state index contributed by atoms with van der Waals surface area (Å²) in [5, 5.41) is 5.24. The first-order chi connectivity index (χ1) is 10.2. The Balaban J connectivity index is 1.90. The minimum atomic E-state index is 0.620. The van der Waals surface area contributed by atoms with E-state index >= 15 is 0 Å². The van der Waals surface area contributed by atoms with Gasteiger partial charge in [0.2, 0.25) is 11.7 Å². The summed E-state index contributed by atoms with van der Waals surface area (Å²) in [6.07, 6.45) is 1.92. The van der Waals surface area contributed by atoms with Gasteiger partial charge in [-0.05, 0) is 31.3 Å². The smallest absolute Gasteiger partial charge is 0.241 e. The lowest BCUT2D eigenvalue weighted by molar-refractivity contribution is 0.246. The number of aromatic amines is 1. The third kappa shape index (κ3) is 2.87. The summed E-state index contributed by atoms with van der Waals surface area (Å²) in [6, 6.07) is 6.08. The molecule has 0 amide bonds. The van der Waals surface area contributed by atoms with Crippen molar-refractivity contribution in [3.05, 3.63) is 34.8 Å². The predicted molar refractivity (Wildman–Crippen MR) is 85.9 cm³/mol. The van der Waals surface area contributed by atoms with Crippen LogP contribution in [0.1, 0.15) is 19.7 Å². The van der Waals surface area contributed by atoms with E-state index in [1.165, 1.54) is 0 Å². The second-order valence-corrected chi connectivity index (χ2v) is 5.72. The van der Waals surface area contributed by atoms with E-state index in [4.69, 9.17) is 4.52 Å². The fourth-order valence-electron chi connectivity index (χ4n) is 2.33. The zero-order chi connectivity index (χ0) is 14.8. The van der Waals surface area contributed by atoms with Crippen LogP contribution >= 0.6 is 15.9 Å². The minimum Gasteiger partial charge on any atom is -0.361 e. The Morgan fingerprint density at radius 2 is 2.10 bits per heavy atom. The van der Waals surface area contributed by atoms with E-state index in [0.717, 1.165) is 34.0 Å². The Morgan fingerprint density at radius 1 is 1.29 bits per heavy atom. The van der Waals surface area contributed by atoms with E-state index in [1.54, 1.807) is 0 Å². The van der Waals surface area contributed by atoms with E-state index in [1.807, 2.05) is 24.4 Å². The summed E-state index contributed by atoms with van der Waals surface area (Å²) in [5.41, 5.74) is 1.99. The quantitative estimate of drug-likeness (QED) is 0.761. The van der Waals surface area contributed by atoms with Gasteiger partial charge in [0.15, 0.2) is 0 Å². The van der Waals surface area contributed by atoms with Gasteiger partial charge in [-0.1, -0.05) is 34.9 Å². The van der Waals surface area contributed by atoms with Gasteiger partial charge >= 0.3 is 0 Å². The van der Waals surface area contributed by atoms with Crippen LogP contribution in [-0.2, 0) is 6.54 Å². The first kappa shape index (κ1) is 14.3. The molecule has 0 spiro atoms. The van der Waals surface area contributed by atoms with Gasteiger partial charge < -0.3 is 9.51 Å². The number of nitrogens with one attached hydrogen (secondary N) is 1. The highest BCUT2D eigenvalue weighted by Crippen LogP contribution is 2.29. The van der Waals surface area contributed by atoms with Crippen LogP contribution in [0.25, 0.3) is 22.3 Å². The largest absolute Gasteiger partial charge is 0.361 e. The summed E-state index contributed by atoms with van der Waals surface area (Å²) in [6.45, 7) is 6.86. The molecule has 0 aliphatic rings. The van der Waals surface area contributed by atoms with Crippen LogP contribution in [0.5, 0.6) is 0 Å². The predicted octanol–water partition coefficient (Wildman–Crippen LogP) is 3.82. The average molecular weight is 349 g/mol. The first-order valence-corrected chi connectivity index (χ1v) is 7.82. The van der Waals surface area contributed by atoms with Crippen LogP contribution in [0, 0.1) is 0 Å². The van der Waals surface area contributed by atoms with Gasteiger partial charge in [-0.2, -0.15) is 4.98 Å². The Kier molecular flexibility index (Phi) is 4.07. The molecule has 0 fully saturated rings. The number of halogens is 1. The number of hydrogen-bond donors (Lipinski definition) is 1. The van der Waals surface area contributed by atoms with Gasteiger partial charge in [-0.25, -0.2) is 0 Å². The van der Waals surface area contributed by atoms with Crippen molar-refractivity contribution in [3.8, 4) is 11.4 Å². The molecule has 3 aromatic rings. The molecule has 0 aliphatic carbocycles. The lowest BCUT2D eigenvalue weighted by Crippen LogP contribution is -2.22. The fraction of sp³-hybridized carbons (Fsp3) is 0.333. The summed E-state index contributed by atoms with van der Waals surface area (Å²) in [7, 11) is 0. The van der Waals surface area contributed by atoms with Gasteiger partial charge in [0.05, 0.1) is 6.54 Å². The van der Waals surface area contributed by atoms with Crippen molar-refractivity contribution in [2.45, 2.75) is 20.4 Å². The van der Waals surface area contributed by atoms with Crippen molar-refractivity contribution in [1.29, 1.82) is 0 Å².